The number of nitrogens with zero attached hydrogens (tertiary/aromatic N) is 2. The minimum absolute atomic E-state index is 0.232. The van der Waals surface area contributed by atoms with Crippen molar-refractivity contribution in [1.29, 1.82) is 0 Å². The van der Waals surface area contributed by atoms with E-state index in [9.17, 15) is 4.39 Å². The van der Waals surface area contributed by atoms with E-state index in [1.807, 2.05) is 13.0 Å². The fraction of sp³-hybridized carbons (Fsp3) is 0.250. The molecule has 16 heavy (non-hydrogen) atoms. The van der Waals surface area contributed by atoms with Crippen molar-refractivity contribution < 1.29 is 4.39 Å². The molecule has 0 aliphatic heterocycles. The molecule has 0 aliphatic rings. The summed E-state index contributed by atoms with van der Waals surface area (Å²) in [4.78, 5) is 0. The molecule has 2 aromatic rings. The van der Waals surface area contributed by atoms with Crippen molar-refractivity contribution in [2.24, 2.45) is 0 Å². The van der Waals surface area contributed by atoms with Gasteiger partial charge in [-0.25, -0.2) is 9.07 Å². The van der Waals surface area contributed by atoms with Crippen LogP contribution in [0.3, 0.4) is 0 Å². The molecule has 0 saturated carbocycles. The predicted molar refractivity (Wildman–Crippen MR) is 62.1 cm³/mol. The Morgan fingerprint density at radius 2 is 2.00 bits per heavy atom. The summed E-state index contributed by atoms with van der Waals surface area (Å²) < 4.78 is 14.4. The Morgan fingerprint density at radius 3 is 2.56 bits per heavy atom. The van der Waals surface area contributed by atoms with E-state index < -0.39 is 0 Å². The van der Waals surface area contributed by atoms with Crippen LogP contribution in [-0.4, -0.2) is 9.78 Å². The van der Waals surface area contributed by atoms with E-state index in [2.05, 4.69) is 5.10 Å². The smallest absolute Gasteiger partial charge is 0.127 e. The van der Waals surface area contributed by atoms with Gasteiger partial charge in [0, 0.05) is 0 Å². The lowest BCUT2D eigenvalue weighted by Crippen LogP contribution is -2.02. The maximum atomic E-state index is 12.7. The second-order valence-electron chi connectivity index (χ2n) is 3.60. The first-order valence-electron chi connectivity index (χ1n) is 5.15. The molecule has 0 saturated heterocycles. The third-order valence-corrected chi connectivity index (χ3v) is 2.69. The number of hydrogen-bond acceptors (Lipinski definition) is 1. The van der Waals surface area contributed by atoms with Gasteiger partial charge in [0.1, 0.15) is 11.0 Å². The van der Waals surface area contributed by atoms with E-state index in [1.54, 1.807) is 16.8 Å². The van der Waals surface area contributed by atoms with Crippen LogP contribution in [0.5, 0.6) is 0 Å². The largest absolute Gasteiger partial charge is 0.249 e. The van der Waals surface area contributed by atoms with Gasteiger partial charge in [-0.15, -0.1) is 0 Å². The van der Waals surface area contributed by atoms with E-state index in [0.717, 1.165) is 17.7 Å². The van der Waals surface area contributed by atoms with E-state index in [0.29, 0.717) is 11.7 Å². The molecule has 0 bridgehead atoms. The van der Waals surface area contributed by atoms with Crippen LogP contribution in [0.4, 0.5) is 4.39 Å². The van der Waals surface area contributed by atoms with Gasteiger partial charge in [0.15, 0.2) is 0 Å². The minimum atomic E-state index is -0.232. The SMILES string of the molecule is CCc1cc(Cl)n(Cc2ccc(F)cc2)n1. The third kappa shape index (κ3) is 2.42. The molecule has 2 rings (SSSR count). The molecular formula is C12H12ClFN2. The van der Waals surface area contributed by atoms with Crippen molar-refractivity contribution in [2.45, 2.75) is 19.9 Å². The highest BCUT2D eigenvalue weighted by molar-refractivity contribution is 6.29. The lowest BCUT2D eigenvalue weighted by atomic mass is 10.2. The summed E-state index contributed by atoms with van der Waals surface area (Å²) in [5.74, 6) is -0.232. The summed E-state index contributed by atoms with van der Waals surface area (Å²) in [6.45, 7) is 2.60. The molecule has 1 aromatic heterocycles. The molecule has 2 nitrogen and oxygen atoms in total. The van der Waals surface area contributed by atoms with Crippen LogP contribution in [0.15, 0.2) is 30.3 Å². The highest BCUT2D eigenvalue weighted by Gasteiger charge is 2.04. The number of benzene rings is 1. The van der Waals surface area contributed by atoms with Gasteiger partial charge in [-0.2, -0.15) is 5.10 Å². The summed E-state index contributed by atoms with van der Waals surface area (Å²) in [5, 5.41) is 4.95. The molecule has 84 valence electrons. The van der Waals surface area contributed by atoms with Crippen molar-refractivity contribution in [3.8, 4) is 0 Å². The number of aryl methyl sites for hydroxylation is 1. The van der Waals surface area contributed by atoms with Gasteiger partial charge >= 0.3 is 0 Å². The van der Waals surface area contributed by atoms with Crippen LogP contribution in [-0.2, 0) is 13.0 Å². The molecule has 1 heterocycles. The van der Waals surface area contributed by atoms with E-state index >= 15 is 0 Å². The highest BCUT2D eigenvalue weighted by atomic mass is 35.5. The van der Waals surface area contributed by atoms with Crippen LogP contribution >= 0.6 is 11.6 Å². The zero-order valence-corrected chi connectivity index (χ0v) is 9.71. The van der Waals surface area contributed by atoms with Gasteiger partial charge in [-0.3, -0.25) is 0 Å². The van der Waals surface area contributed by atoms with Gasteiger partial charge in [0.2, 0.25) is 0 Å². The van der Waals surface area contributed by atoms with Crippen LogP contribution in [0, 0.1) is 5.82 Å². The molecular weight excluding hydrogens is 227 g/mol. The van der Waals surface area contributed by atoms with Crippen LogP contribution < -0.4 is 0 Å². The minimum Gasteiger partial charge on any atom is -0.249 e. The molecule has 0 N–H and O–H groups in total. The van der Waals surface area contributed by atoms with E-state index in [4.69, 9.17) is 11.6 Å². The molecule has 0 spiro atoms. The number of halogens is 2. The monoisotopic (exact) mass is 238 g/mol. The average Bonchev–Trinajstić information content (AvgIpc) is 2.63. The van der Waals surface area contributed by atoms with Gasteiger partial charge in [-0.1, -0.05) is 30.7 Å². The summed E-state index contributed by atoms with van der Waals surface area (Å²) in [6, 6.07) is 8.20. The molecule has 0 amide bonds. The Morgan fingerprint density at radius 1 is 1.31 bits per heavy atom. The quantitative estimate of drug-likeness (QED) is 0.803. The topological polar surface area (TPSA) is 17.8 Å². The normalized spacial score (nSPS) is 10.7. The Hall–Kier alpha value is -1.35. The van der Waals surface area contributed by atoms with E-state index in [-0.39, 0.29) is 5.82 Å². The fourth-order valence-corrected chi connectivity index (χ4v) is 1.71. The van der Waals surface area contributed by atoms with E-state index in [1.165, 1.54) is 12.1 Å². The highest BCUT2D eigenvalue weighted by Crippen LogP contribution is 2.14. The lowest BCUT2D eigenvalue weighted by Gasteiger charge is -2.03. The fourth-order valence-electron chi connectivity index (χ4n) is 1.49. The summed E-state index contributed by atoms with van der Waals surface area (Å²) in [7, 11) is 0. The summed E-state index contributed by atoms with van der Waals surface area (Å²) in [5.41, 5.74) is 1.95. The first-order valence-corrected chi connectivity index (χ1v) is 5.53. The second-order valence-corrected chi connectivity index (χ2v) is 3.98. The Bertz CT molecular complexity index is 476. The molecule has 0 unspecified atom stereocenters. The molecule has 0 atom stereocenters. The van der Waals surface area contributed by atoms with Gasteiger partial charge < -0.3 is 0 Å². The Labute approximate surface area is 98.7 Å². The van der Waals surface area contributed by atoms with Crippen molar-refractivity contribution in [2.75, 3.05) is 0 Å². The maximum absolute atomic E-state index is 12.7. The first-order chi connectivity index (χ1) is 7.69. The van der Waals surface area contributed by atoms with Crippen molar-refractivity contribution >= 4 is 11.6 Å². The zero-order valence-electron chi connectivity index (χ0n) is 8.95. The molecule has 1 aromatic carbocycles. The van der Waals surface area contributed by atoms with Crippen molar-refractivity contribution in [3.05, 3.63) is 52.6 Å². The molecule has 0 aliphatic carbocycles. The van der Waals surface area contributed by atoms with Crippen LogP contribution in [0.25, 0.3) is 0 Å². The summed E-state index contributed by atoms with van der Waals surface area (Å²) >= 11 is 6.03. The second kappa shape index (κ2) is 4.66. The third-order valence-electron chi connectivity index (χ3n) is 2.39. The Balaban J connectivity index is 2.19. The standard InChI is InChI=1S/C12H12ClFN2/c1-2-11-7-12(13)16(15-11)8-9-3-5-10(14)6-4-9/h3-7H,2,8H2,1H3. The Kier molecular flexibility index (Phi) is 3.25. The average molecular weight is 239 g/mol. The number of rotatable bonds is 3. The van der Waals surface area contributed by atoms with Gasteiger partial charge in [-0.05, 0) is 30.2 Å². The van der Waals surface area contributed by atoms with Crippen molar-refractivity contribution in [1.82, 2.24) is 9.78 Å². The molecule has 4 heteroatoms. The molecule has 0 fully saturated rings. The van der Waals surface area contributed by atoms with Gasteiger partial charge in [0.05, 0.1) is 12.2 Å². The number of aromatic nitrogens is 2. The maximum Gasteiger partial charge on any atom is 0.127 e. The zero-order chi connectivity index (χ0) is 11.5. The summed E-state index contributed by atoms with van der Waals surface area (Å²) in [6.07, 6.45) is 0.857. The van der Waals surface area contributed by atoms with Crippen molar-refractivity contribution in [3.63, 3.8) is 0 Å². The van der Waals surface area contributed by atoms with Crippen LogP contribution in [0.2, 0.25) is 5.15 Å². The molecule has 0 radical (unpaired) electrons. The van der Waals surface area contributed by atoms with Crippen LogP contribution in [0.1, 0.15) is 18.2 Å². The predicted octanol–water partition coefficient (Wildman–Crippen LogP) is 3.29. The first kappa shape index (κ1) is 11.1. The number of hydrogen-bond donors (Lipinski definition) is 0. The lowest BCUT2D eigenvalue weighted by molar-refractivity contribution is 0.624. The van der Waals surface area contributed by atoms with Gasteiger partial charge in [0.25, 0.3) is 0 Å².